The number of unbranched alkanes of at least 4 members (excludes halogenated alkanes) is 2. The highest BCUT2D eigenvalue weighted by Gasteiger charge is 2.18. The monoisotopic (exact) mass is 1130 g/mol. The first-order valence-corrected chi connectivity index (χ1v) is 26.9. The Morgan fingerprint density at radius 2 is 0.765 bits per heavy atom. The highest BCUT2D eigenvalue weighted by atomic mass is 16.6. The number of carbonyl (C=O) groups excluding carboxylic acids is 5. The molecule has 0 radical (unpaired) electrons. The van der Waals surface area contributed by atoms with Gasteiger partial charge in [-0.2, -0.15) is 0 Å². The zero-order valence-electron chi connectivity index (χ0n) is 48.7. The van der Waals surface area contributed by atoms with E-state index < -0.39 is 24.1 Å². The van der Waals surface area contributed by atoms with Gasteiger partial charge in [-0.1, -0.05) is 31.7 Å². The van der Waals surface area contributed by atoms with Crippen molar-refractivity contribution < 1.29 is 63.3 Å². The van der Waals surface area contributed by atoms with Gasteiger partial charge in [-0.3, -0.25) is 9.59 Å². The Hall–Kier alpha value is -7.26. The maximum Gasteiger partial charge on any atom is 0.412 e. The van der Waals surface area contributed by atoms with E-state index in [9.17, 15) is 44.4 Å². The van der Waals surface area contributed by atoms with E-state index in [1.54, 1.807) is 48.5 Å². The number of phenols is 4. The molecule has 0 heterocycles. The van der Waals surface area contributed by atoms with Crippen LogP contribution in [-0.2, 0) is 40.1 Å². The Labute approximate surface area is 480 Å². The van der Waals surface area contributed by atoms with E-state index in [0.717, 1.165) is 80.4 Å². The van der Waals surface area contributed by atoms with E-state index in [1.807, 2.05) is 107 Å². The van der Waals surface area contributed by atoms with Crippen molar-refractivity contribution in [3.8, 4) is 46.0 Å². The third kappa shape index (κ3) is 33.8. The molecular weight excluding hydrogens is 1040 g/mol. The summed E-state index contributed by atoms with van der Waals surface area (Å²) >= 11 is 0. The van der Waals surface area contributed by atoms with Crippen LogP contribution in [0.4, 0.5) is 9.59 Å². The number of hydrogen-bond donors (Lipinski definition) is 6. The van der Waals surface area contributed by atoms with Crippen LogP contribution in [0.1, 0.15) is 81.0 Å². The van der Waals surface area contributed by atoms with Gasteiger partial charge >= 0.3 is 24.1 Å². The number of ether oxygens (including phenoxy) is 4. The Balaban J connectivity index is 0.000000918. The summed E-state index contributed by atoms with van der Waals surface area (Å²) in [6, 6.07) is 20.2. The number of esters is 2. The highest BCUT2D eigenvalue weighted by molar-refractivity contribution is 5.76. The number of rotatable bonds is 31. The van der Waals surface area contributed by atoms with Crippen LogP contribution < -0.4 is 29.6 Å². The topological polar surface area (TPSA) is 256 Å². The summed E-state index contributed by atoms with van der Waals surface area (Å²) < 4.78 is 22.4. The number of likely N-dealkylation sites (N-methyl/N-ethyl adjacent to an activating group) is 3. The van der Waals surface area contributed by atoms with E-state index in [4.69, 9.17) is 18.9 Å². The molecule has 4 rings (SSSR count). The van der Waals surface area contributed by atoms with Crippen molar-refractivity contribution in [2.45, 2.75) is 84.5 Å². The fourth-order valence-corrected chi connectivity index (χ4v) is 7.27. The van der Waals surface area contributed by atoms with Gasteiger partial charge in [-0.25, -0.2) is 19.4 Å². The second kappa shape index (κ2) is 40.8. The highest BCUT2D eigenvalue weighted by Crippen LogP contribution is 2.32. The van der Waals surface area contributed by atoms with E-state index in [-0.39, 0.29) is 66.3 Å². The smallest absolute Gasteiger partial charge is 0.412 e. The Morgan fingerprint density at radius 3 is 1.14 bits per heavy atom. The fraction of sp³-hybridized carbons (Fsp3) is 0.517. The average molecular weight is 1130 g/mol. The van der Waals surface area contributed by atoms with Crippen molar-refractivity contribution in [3.05, 3.63) is 95.1 Å². The molecule has 0 aromatic heterocycles. The lowest BCUT2D eigenvalue weighted by atomic mass is 10.0. The molecule has 0 atom stereocenters. The first kappa shape index (κ1) is 71.8. The maximum atomic E-state index is 12.7. The molecule has 0 saturated carbocycles. The van der Waals surface area contributed by atoms with Crippen molar-refractivity contribution in [3.63, 3.8) is 0 Å². The first-order valence-electron chi connectivity index (χ1n) is 26.9. The fourth-order valence-electron chi connectivity index (χ4n) is 7.27. The van der Waals surface area contributed by atoms with Crippen molar-refractivity contribution in [1.82, 2.24) is 35.1 Å². The molecule has 81 heavy (non-hydrogen) atoms. The summed E-state index contributed by atoms with van der Waals surface area (Å²) in [5, 5.41) is 42.6. The minimum atomic E-state index is -0.628. The quantitative estimate of drug-likeness (QED) is 0.00707. The van der Waals surface area contributed by atoms with Crippen LogP contribution in [-0.4, -0.2) is 198 Å². The Kier molecular flexibility index (Phi) is 36.2. The van der Waals surface area contributed by atoms with Gasteiger partial charge in [-0.05, 0) is 219 Å². The molecule has 0 bridgehead atoms. The van der Waals surface area contributed by atoms with Crippen molar-refractivity contribution in [2.24, 2.45) is 4.99 Å². The molecule has 0 saturated heterocycles. The van der Waals surface area contributed by atoms with Gasteiger partial charge in [0.2, 0.25) is 6.08 Å². The summed E-state index contributed by atoms with van der Waals surface area (Å²) in [6.45, 7) is 4.97. The molecule has 450 valence electrons. The second-order valence-corrected chi connectivity index (χ2v) is 20.4. The molecule has 4 aromatic carbocycles. The lowest BCUT2D eigenvalue weighted by Gasteiger charge is -2.15. The normalized spacial score (nSPS) is 10.7. The number of nitrogens with one attached hydrogen (secondary N) is 2. The zero-order valence-corrected chi connectivity index (χ0v) is 48.7. The predicted molar refractivity (Wildman–Crippen MR) is 316 cm³/mol. The maximum absolute atomic E-state index is 12.7. The van der Waals surface area contributed by atoms with Gasteiger partial charge in [0.25, 0.3) is 0 Å². The van der Waals surface area contributed by atoms with Crippen LogP contribution in [0.15, 0.2) is 77.8 Å². The van der Waals surface area contributed by atoms with E-state index >= 15 is 0 Å². The number of carbonyl (C=O) groups is 4. The number of hydrogen-bond acceptors (Lipinski definition) is 19. The SMILES string of the molecule is C.CN(C)CCCC(=O)Oc1cc(CCCCc2ccc(OC(=O)CCCN(C)C)c(OC(=O)NCCN(C)C)c2)ccc1OC(=O)NCCN(C)C.CN(C)CCN=C=O.Oc1ccc(CCCCc2ccc(O)c(O)c2)cc1O. The lowest BCUT2D eigenvalue weighted by molar-refractivity contribution is -0.135. The molecule has 0 aliphatic heterocycles. The zero-order chi connectivity index (χ0) is 59.4. The third-order valence-corrected chi connectivity index (χ3v) is 11.7. The van der Waals surface area contributed by atoms with Crippen LogP contribution in [0.25, 0.3) is 0 Å². The summed E-state index contributed by atoms with van der Waals surface area (Å²) in [5.41, 5.74) is 3.80. The molecule has 0 aliphatic carbocycles. The van der Waals surface area contributed by atoms with Crippen LogP contribution in [0.3, 0.4) is 0 Å². The van der Waals surface area contributed by atoms with E-state index in [2.05, 4.69) is 15.6 Å². The number of aryl methyl sites for hydroxylation is 4. The number of aromatic hydroxyl groups is 4. The summed E-state index contributed by atoms with van der Waals surface area (Å²) in [5.74, 6) is -0.440. The van der Waals surface area contributed by atoms with Crippen molar-refractivity contribution in [1.29, 1.82) is 0 Å². The molecule has 6 N–H and O–H groups in total. The molecule has 0 spiro atoms. The molecule has 4 aromatic rings. The molecular formula is C60H92N8O13. The summed E-state index contributed by atoms with van der Waals surface area (Å²) in [4.78, 5) is 72.9. The molecule has 21 heteroatoms. The van der Waals surface area contributed by atoms with Gasteiger partial charge in [0.15, 0.2) is 46.0 Å². The molecule has 21 nitrogen and oxygen atoms in total. The third-order valence-electron chi connectivity index (χ3n) is 11.7. The first-order chi connectivity index (χ1) is 38.0. The van der Waals surface area contributed by atoms with E-state index in [0.29, 0.717) is 58.4 Å². The summed E-state index contributed by atoms with van der Waals surface area (Å²) in [7, 11) is 19.3. The van der Waals surface area contributed by atoms with Gasteiger partial charge < -0.3 is 74.5 Å². The van der Waals surface area contributed by atoms with Gasteiger partial charge in [0, 0.05) is 45.6 Å². The second-order valence-electron chi connectivity index (χ2n) is 20.4. The largest absolute Gasteiger partial charge is 0.504 e. The number of benzene rings is 4. The van der Waals surface area contributed by atoms with Gasteiger partial charge in [-0.15, -0.1) is 0 Å². The predicted octanol–water partition coefficient (Wildman–Crippen LogP) is 7.64. The molecule has 0 aliphatic rings. The van der Waals surface area contributed by atoms with Gasteiger partial charge in [0.1, 0.15) is 0 Å². The standard InChI is InChI=1S/C38H60N6O8.C16H18O4.C5H10N2O.CH4/c1-41(2)23-11-15-35(45)49-31-19-17-30(28-34(31)52-38(48)40-22-26-44(7)8)14-10-9-13-29-18-20-32(51-37(47)39-21-25-43(5)6)33(27-29)50-36(46)16-12-24-42(3)4;17-13-7-5-11(9-15(13)19)3-1-2-4-12-6-8-14(18)16(20)10-12;1-7(2)4-3-6-5-8;/h17-20,27-28H,9-16,21-26H2,1-8H3,(H,39,47)(H,40,48);5-10,17-20H,1-4H2;3-4H2,1-2H3;1H4. The number of isocyanates is 1. The number of nitrogens with zero attached hydrogens (tertiary/aromatic N) is 6. The Bertz CT molecular complexity index is 2380. The van der Waals surface area contributed by atoms with Crippen molar-refractivity contribution in [2.75, 3.05) is 123 Å². The van der Waals surface area contributed by atoms with Crippen LogP contribution in [0, 0.1) is 0 Å². The molecule has 2 amide bonds. The minimum Gasteiger partial charge on any atom is -0.504 e. The number of amides is 2. The van der Waals surface area contributed by atoms with Crippen LogP contribution in [0.5, 0.6) is 46.0 Å². The van der Waals surface area contributed by atoms with Crippen molar-refractivity contribution >= 4 is 30.2 Å². The van der Waals surface area contributed by atoms with Crippen LogP contribution >= 0.6 is 0 Å². The Morgan fingerprint density at radius 1 is 0.432 bits per heavy atom. The molecule has 0 unspecified atom stereocenters. The molecule has 0 fully saturated rings. The lowest BCUT2D eigenvalue weighted by Crippen LogP contribution is -2.33. The van der Waals surface area contributed by atoms with E-state index in [1.165, 1.54) is 18.2 Å². The number of phenolic OH excluding ortho intramolecular Hbond substituents is 4. The minimum absolute atomic E-state index is 0. The van der Waals surface area contributed by atoms with Gasteiger partial charge in [0.05, 0.1) is 6.54 Å². The number of aliphatic imine (C=N–C) groups is 1. The van der Waals surface area contributed by atoms with Crippen LogP contribution in [0.2, 0.25) is 0 Å². The summed E-state index contributed by atoms with van der Waals surface area (Å²) in [6.07, 6.45) is 8.43. The average Bonchev–Trinajstić information content (AvgIpc) is 3.40.